The van der Waals surface area contributed by atoms with Gasteiger partial charge in [0.1, 0.15) is 5.75 Å². The average molecular weight is 482 g/mol. The summed E-state index contributed by atoms with van der Waals surface area (Å²) in [5, 5.41) is 0. The minimum absolute atomic E-state index is 0.101. The molecule has 0 aliphatic heterocycles. The van der Waals surface area contributed by atoms with Crippen LogP contribution in [0.1, 0.15) is 42.6 Å². The normalized spacial score (nSPS) is 14.8. The highest BCUT2D eigenvalue weighted by Gasteiger charge is 2.54. The molecule has 1 saturated carbocycles. The number of benzene rings is 2. The summed E-state index contributed by atoms with van der Waals surface area (Å²) in [5.74, 6) is 0.118. The molecule has 4 nitrogen and oxygen atoms in total. The van der Waals surface area contributed by atoms with E-state index in [0.717, 1.165) is 8.95 Å². The van der Waals surface area contributed by atoms with E-state index in [1.165, 1.54) is 0 Å². The van der Waals surface area contributed by atoms with Gasteiger partial charge in [-0.1, -0.05) is 6.07 Å². The highest BCUT2D eigenvalue weighted by molar-refractivity contribution is 9.11. The number of hydrogen-bond acceptors (Lipinski definition) is 4. The van der Waals surface area contributed by atoms with E-state index in [0.29, 0.717) is 29.7 Å². The van der Waals surface area contributed by atoms with E-state index in [1.807, 2.05) is 32.0 Å². The third-order valence-corrected chi connectivity index (χ3v) is 5.36. The third kappa shape index (κ3) is 4.01. The van der Waals surface area contributed by atoms with Gasteiger partial charge in [-0.25, -0.2) is 4.79 Å². The van der Waals surface area contributed by atoms with Crippen molar-refractivity contribution in [2.45, 2.75) is 38.4 Å². The molecule has 0 bridgehead atoms. The van der Waals surface area contributed by atoms with Crippen LogP contribution in [-0.4, -0.2) is 23.5 Å². The number of carbonyl (C=O) groups is 2. The molecular formula is C20H18Br2O4. The maximum absolute atomic E-state index is 12.8. The van der Waals surface area contributed by atoms with Crippen molar-refractivity contribution in [1.29, 1.82) is 0 Å². The van der Waals surface area contributed by atoms with Crippen molar-refractivity contribution in [3.63, 3.8) is 0 Å². The van der Waals surface area contributed by atoms with Crippen LogP contribution in [0.3, 0.4) is 0 Å². The van der Waals surface area contributed by atoms with Gasteiger partial charge in [0, 0.05) is 27.4 Å². The largest absolute Gasteiger partial charge is 0.476 e. The quantitative estimate of drug-likeness (QED) is 0.414. The average Bonchev–Trinajstić information content (AvgIpc) is 3.35. The molecule has 0 heterocycles. The Bertz CT molecular complexity index is 819. The molecule has 1 aliphatic rings. The summed E-state index contributed by atoms with van der Waals surface area (Å²) in [5.41, 5.74) is 0.237. The molecule has 0 unspecified atom stereocenters. The van der Waals surface area contributed by atoms with Gasteiger partial charge in [-0.15, -0.1) is 0 Å². The standard InChI is InChI=1S/C20H18Br2O4/c1-12(2)25-19(24)20(10-11-20)26-14-8-6-13(7-9-14)18(23)17-15(21)4-3-5-16(17)22/h3-9,12H,10-11H2,1-2H3. The van der Waals surface area contributed by atoms with Crippen LogP contribution in [0.15, 0.2) is 51.4 Å². The van der Waals surface area contributed by atoms with Gasteiger partial charge in [-0.05, 0) is 82.1 Å². The summed E-state index contributed by atoms with van der Waals surface area (Å²) in [6, 6.07) is 12.3. The Hall–Kier alpha value is -1.66. The highest BCUT2D eigenvalue weighted by Crippen LogP contribution is 2.41. The zero-order valence-electron chi connectivity index (χ0n) is 14.4. The minimum Gasteiger partial charge on any atom is -0.476 e. The van der Waals surface area contributed by atoms with Crippen molar-refractivity contribution in [2.75, 3.05) is 0 Å². The minimum atomic E-state index is -0.874. The molecule has 0 N–H and O–H groups in total. The lowest BCUT2D eigenvalue weighted by molar-refractivity contribution is -0.158. The second-order valence-electron chi connectivity index (χ2n) is 6.50. The molecule has 0 saturated heterocycles. The van der Waals surface area contributed by atoms with Crippen molar-refractivity contribution in [3.8, 4) is 5.75 Å². The fourth-order valence-electron chi connectivity index (χ4n) is 2.54. The smallest absolute Gasteiger partial charge is 0.350 e. The molecule has 6 heteroatoms. The van der Waals surface area contributed by atoms with Gasteiger partial charge in [0.25, 0.3) is 0 Å². The summed E-state index contributed by atoms with van der Waals surface area (Å²) in [6.07, 6.45) is 1.11. The zero-order chi connectivity index (χ0) is 18.9. The molecule has 2 aromatic carbocycles. The molecular weight excluding hydrogens is 464 g/mol. The van der Waals surface area contributed by atoms with E-state index in [4.69, 9.17) is 9.47 Å². The van der Waals surface area contributed by atoms with Gasteiger partial charge < -0.3 is 9.47 Å². The predicted octanol–water partition coefficient (Wildman–Crippen LogP) is 5.31. The first-order chi connectivity index (χ1) is 12.3. The first kappa shape index (κ1) is 19.1. The van der Waals surface area contributed by atoms with E-state index in [1.54, 1.807) is 24.3 Å². The molecule has 1 aliphatic carbocycles. The maximum atomic E-state index is 12.8. The number of rotatable bonds is 6. The predicted molar refractivity (Wildman–Crippen MR) is 106 cm³/mol. The van der Waals surface area contributed by atoms with Gasteiger partial charge in [-0.2, -0.15) is 0 Å². The maximum Gasteiger partial charge on any atom is 0.350 e. The first-order valence-corrected chi connectivity index (χ1v) is 9.90. The van der Waals surface area contributed by atoms with Crippen LogP contribution in [0, 0.1) is 0 Å². The molecule has 3 rings (SSSR count). The monoisotopic (exact) mass is 480 g/mol. The second kappa shape index (κ2) is 7.53. The van der Waals surface area contributed by atoms with Crippen LogP contribution >= 0.6 is 31.9 Å². The van der Waals surface area contributed by atoms with Crippen molar-refractivity contribution < 1.29 is 19.1 Å². The number of hydrogen-bond donors (Lipinski definition) is 0. The summed E-state index contributed by atoms with van der Waals surface area (Å²) in [6.45, 7) is 3.63. The van der Waals surface area contributed by atoms with Crippen molar-refractivity contribution in [1.82, 2.24) is 0 Å². The molecule has 136 valence electrons. The van der Waals surface area contributed by atoms with Gasteiger partial charge in [0.2, 0.25) is 5.60 Å². The number of carbonyl (C=O) groups excluding carboxylic acids is 2. The SMILES string of the molecule is CC(C)OC(=O)C1(Oc2ccc(C(=O)c3c(Br)cccc3Br)cc2)CC1. The van der Waals surface area contributed by atoms with Crippen molar-refractivity contribution in [3.05, 3.63) is 62.5 Å². The first-order valence-electron chi connectivity index (χ1n) is 8.31. The van der Waals surface area contributed by atoms with E-state index >= 15 is 0 Å². The van der Waals surface area contributed by atoms with Gasteiger partial charge in [0.15, 0.2) is 5.78 Å². The fourth-order valence-corrected chi connectivity index (χ4v) is 3.90. The Morgan fingerprint density at radius 3 is 2.08 bits per heavy atom. The van der Waals surface area contributed by atoms with E-state index in [9.17, 15) is 9.59 Å². The van der Waals surface area contributed by atoms with Crippen LogP contribution < -0.4 is 4.74 Å². The number of halogens is 2. The lowest BCUT2D eigenvalue weighted by atomic mass is 10.0. The summed E-state index contributed by atoms with van der Waals surface area (Å²) >= 11 is 6.83. The Labute approximate surface area is 169 Å². The molecule has 2 aromatic rings. The van der Waals surface area contributed by atoms with Crippen molar-refractivity contribution >= 4 is 43.6 Å². The van der Waals surface area contributed by atoms with Crippen LogP contribution in [-0.2, 0) is 9.53 Å². The van der Waals surface area contributed by atoms with Gasteiger partial charge in [-0.3, -0.25) is 4.79 Å². The Morgan fingerprint density at radius 2 is 1.58 bits per heavy atom. The fraction of sp³-hybridized carbons (Fsp3) is 0.300. The lowest BCUT2D eigenvalue weighted by Crippen LogP contribution is -2.33. The Morgan fingerprint density at radius 1 is 1.00 bits per heavy atom. The van der Waals surface area contributed by atoms with Crippen molar-refractivity contribution in [2.24, 2.45) is 0 Å². The molecule has 0 atom stereocenters. The number of ketones is 1. The van der Waals surface area contributed by atoms with E-state index in [-0.39, 0.29) is 17.9 Å². The summed E-state index contributed by atoms with van der Waals surface area (Å²) in [7, 11) is 0. The van der Waals surface area contributed by atoms with E-state index in [2.05, 4.69) is 31.9 Å². The zero-order valence-corrected chi connectivity index (χ0v) is 17.6. The Kier molecular flexibility index (Phi) is 5.53. The van der Waals surface area contributed by atoms with Crippen LogP contribution in [0.25, 0.3) is 0 Å². The number of ether oxygens (including phenoxy) is 2. The van der Waals surface area contributed by atoms with Gasteiger partial charge in [0.05, 0.1) is 11.7 Å². The van der Waals surface area contributed by atoms with Crippen LogP contribution in [0.5, 0.6) is 5.75 Å². The molecule has 0 aromatic heterocycles. The third-order valence-electron chi connectivity index (χ3n) is 4.04. The van der Waals surface area contributed by atoms with Crippen LogP contribution in [0.2, 0.25) is 0 Å². The lowest BCUT2D eigenvalue weighted by Gasteiger charge is -2.18. The van der Waals surface area contributed by atoms with Crippen LogP contribution in [0.4, 0.5) is 0 Å². The summed E-state index contributed by atoms with van der Waals surface area (Å²) in [4.78, 5) is 24.9. The van der Waals surface area contributed by atoms with Gasteiger partial charge >= 0.3 is 5.97 Å². The molecule has 1 fully saturated rings. The summed E-state index contributed by atoms with van der Waals surface area (Å²) < 4.78 is 12.6. The molecule has 0 spiro atoms. The Balaban J connectivity index is 1.75. The topological polar surface area (TPSA) is 52.6 Å². The van der Waals surface area contributed by atoms with E-state index < -0.39 is 5.60 Å². The molecule has 26 heavy (non-hydrogen) atoms. The molecule has 0 amide bonds. The number of esters is 1. The molecule has 0 radical (unpaired) electrons. The highest BCUT2D eigenvalue weighted by atomic mass is 79.9. The second-order valence-corrected chi connectivity index (χ2v) is 8.21.